The molecule has 1 aromatic carbocycles. The van der Waals surface area contributed by atoms with Crippen LogP contribution in [0.1, 0.15) is 62.8 Å². The highest BCUT2D eigenvalue weighted by atomic mass is 35.5. The van der Waals surface area contributed by atoms with Crippen LogP contribution in [0.4, 0.5) is 0 Å². The number of aromatic nitrogens is 1. The fraction of sp³-hybridized carbons (Fsp3) is 0.524. The van der Waals surface area contributed by atoms with Gasteiger partial charge in [0, 0.05) is 25.0 Å². The Morgan fingerprint density at radius 3 is 2.61 bits per heavy atom. The molecular weight excluding hydrogens is 380 g/mol. The van der Waals surface area contributed by atoms with E-state index >= 15 is 0 Å². The third-order valence-electron chi connectivity index (χ3n) is 5.23. The SMILES string of the molecule is CC(=O)NCc1cc(C2CCC2)no1.Oc1ccc(OCC2CCC2)c(Cl)c1. The lowest BCUT2D eigenvalue weighted by Gasteiger charge is -2.25. The summed E-state index contributed by atoms with van der Waals surface area (Å²) in [6, 6.07) is 6.73. The molecule has 2 fully saturated rings. The van der Waals surface area contributed by atoms with E-state index in [-0.39, 0.29) is 11.7 Å². The van der Waals surface area contributed by atoms with Gasteiger partial charge < -0.3 is 19.7 Å². The summed E-state index contributed by atoms with van der Waals surface area (Å²) in [6.07, 6.45) is 7.56. The number of carbonyl (C=O) groups excluding carboxylic acids is 1. The number of nitrogens with one attached hydrogen (secondary N) is 1. The highest BCUT2D eigenvalue weighted by Gasteiger charge is 2.23. The first-order chi connectivity index (χ1) is 13.5. The minimum Gasteiger partial charge on any atom is -0.508 e. The van der Waals surface area contributed by atoms with Gasteiger partial charge in [0.2, 0.25) is 5.91 Å². The van der Waals surface area contributed by atoms with Crippen LogP contribution in [0, 0.1) is 5.92 Å². The van der Waals surface area contributed by atoms with E-state index in [0.717, 1.165) is 18.1 Å². The molecule has 2 aromatic rings. The quantitative estimate of drug-likeness (QED) is 0.719. The van der Waals surface area contributed by atoms with Crippen molar-refractivity contribution in [3.05, 3.63) is 40.7 Å². The topological polar surface area (TPSA) is 84.6 Å². The molecule has 152 valence electrons. The molecule has 0 aliphatic heterocycles. The van der Waals surface area contributed by atoms with Crippen molar-refractivity contribution in [2.24, 2.45) is 5.92 Å². The van der Waals surface area contributed by atoms with Crippen molar-refractivity contribution in [3.8, 4) is 11.5 Å². The summed E-state index contributed by atoms with van der Waals surface area (Å²) in [7, 11) is 0. The van der Waals surface area contributed by atoms with Crippen LogP contribution in [0.5, 0.6) is 11.5 Å². The van der Waals surface area contributed by atoms with Crippen molar-refractivity contribution in [3.63, 3.8) is 0 Å². The summed E-state index contributed by atoms with van der Waals surface area (Å²) in [6.45, 7) is 2.67. The van der Waals surface area contributed by atoms with Gasteiger partial charge in [0.15, 0.2) is 5.76 Å². The zero-order chi connectivity index (χ0) is 19.9. The highest BCUT2D eigenvalue weighted by molar-refractivity contribution is 6.32. The lowest BCUT2D eigenvalue weighted by Crippen LogP contribution is -2.19. The molecule has 1 amide bonds. The molecule has 4 rings (SSSR count). The van der Waals surface area contributed by atoms with Crippen LogP contribution in [0.25, 0.3) is 0 Å². The molecule has 1 heterocycles. The second kappa shape index (κ2) is 9.82. The Hall–Kier alpha value is -2.21. The van der Waals surface area contributed by atoms with Gasteiger partial charge in [0.25, 0.3) is 0 Å². The molecular formula is C21H27ClN2O4. The number of phenolic OH excluding ortho intramolecular Hbond substituents is 1. The van der Waals surface area contributed by atoms with Gasteiger partial charge in [-0.2, -0.15) is 0 Å². The zero-order valence-corrected chi connectivity index (χ0v) is 16.9. The monoisotopic (exact) mass is 406 g/mol. The van der Waals surface area contributed by atoms with E-state index in [0.29, 0.717) is 29.2 Å². The molecule has 2 saturated carbocycles. The van der Waals surface area contributed by atoms with Crippen molar-refractivity contribution in [2.45, 2.75) is 57.9 Å². The summed E-state index contributed by atoms with van der Waals surface area (Å²) in [5.74, 6) is 2.81. The third kappa shape index (κ3) is 5.89. The number of carbonyl (C=O) groups is 1. The van der Waals surface area contributed by atoms with E-state index in [9.17, 15) is 4.79 Å². The standard InChI is InChI=1S/C11H13ClO2.C10H14N2O2/c12-10-6-9(13)4-5-11(10)14-7-8-2-1-3-8;1-7(13)11-6-9-5-10(12-14-9)8-3-2-4-8/h4-6,8,13H,1-3,7H2;5,8H,2-4,6H2,1H3,(H,11,13). The maximum atomic E-state index is 10.7. The number of aromatic hydroxyl groups is 1. The Morgan fingerprint density at radius 2 is 2.04 bits per heavy atom. The molecule has 2 N–H and O–H groups in total. The molecule has 0 saturated heterocycles. The number of hydrogen-bond donors (Lipinski definition) is 2. The van der Waals surface area contributed by atoms with E-state index in [1.807, 2.05) is 6.07 Å². The molecule has 0 unspecified atom stereocenters. The van der Waals surface area contributed by atoms with Crippen molar-refractivity contribution < 1.29 is 19.2 Å². The second-order valence-corrected chi connectivity index (χ2v) is 7.89. The van der Waals surface area contributed by atoms with E-state index in [1.54, 1.807) is 12.1 Å². The second-order valence-electron chi connectivity index (χ2n) is 7.48. The fourth-order valence-corrected chi connectivity index (χ4v) is 3.22. The van der Waals surface area contributed by atoms with Crippen LogP contribution in [0.2, 0.25) is 5.02 Å². The van der Waals surface area contributed by atoms with Crippen molar-refractivity contribution in [1.82, 2.24) is 10.5 Å². The van der Waals surface area contributed by atoms with Gasteiger partial charge >= 0.3 is 0 Å². The Balaban J connectivity index is 0.000000161. The summed E-state index contributed by atoms with van der Waals surface area (Å²) in [5.41, 5.74) is 1.04. The molecule has 28 heavy (non-hydrogen) atoms. The van der Waals surface area contributed by atoms with Gasteiger partial charge in [0.05, 0.1) is 23.9 Å². The molecule has 2 aliphatic carbocycles. The number of amides is 1. The number of rotatable bonds is 6. The first-order valence-corrected chi connectivity index (χ1v) is 10.2. The Morgan fingerprint density at radius 1 is 1.29 bits per heavy atom. The van der Waals surface area contributed by atoms with E-state index in [1.165, 1.54) is 51.5 Å². The molecule has 1 aromatic heterocycles. The van der Waals surface area contributed by atoms with Crippen LogP contribution < -0.4 is 10.1 Å². The van der Waals surface area contributed by atoms with Crippen LogP contribution in [-0.2, 0) is 11.3 Å². The summed E-state index contributed by atoms with van der Waals surface area (Å²) < 4.78 is 10.7. The molecule has 0 spiro atoms. The smallest absolute Gasteiger partial charge is 0.217 e. The highest BCUT2D eigenvalue weighted by Crippen LogP contribution is 2.35. The van der Waals surface area contributed by atoms with Crippen molar-refractivity contribution in [2.75, 3.05) is 6.61 Å². The molecule has 0 atom stereocenters. The minimum atomic E-state index is -0.0494. The average Bonchev–Trinajstić information content (AvgIpc) is 3.01. The molecule has 0 radical (unpaired) electrons. The van der Waals surface area contributed by atoms with Gasteiger partial charge in [-0.05, 0) is 43.7 Å². The Labute approximate surface area is 170 Å². The third-order valence-corrected chi connectivity index (χ3v) is 5.52. The number of halogens is 1. The van der Waals surface area contributed by atoms with Crippen molar-refractivity contribution >= 4 is 17.5 Å². The first-order valence-electron chi connectivity index (χ1n) is 9.82. The number of nitrogens with zero attached hydrogens (tertiary/aromatic N) is 1. The number of benzene rings is 1. The minimum absolute atomic E-state index is 0.0494. The molecule has 0 bridgehead atoms. The van der Waals surface area contributed by atoms with Gasteiger partial charge in [-0.3, -0.25) is 4.79 Å². The lowest BCUT2D eigenvalue weighted by atomic mass is 9.83. The lowest BCUT2D eigenvalue weighted by molar-refractivity contribution is -0.119. The van der Waals surface area contributed by atoms with Gasteiger partial charge in [-0.15, -0.1) is 0 Å². The molecule has 6 nitrogen and oxygen atoms in total. The van der Waals surface area contributed by atoms with E-state index in [2.05, 4.69) is 10.5 Å². The maximum absolute atomic E-state index is 10.7. The van der Waals surface area contributed by atoms with Crippen LogP contribution in [0.3, 0.4) is 0 Å². The van der Waals surface area contributed by atoms with Crippen LogP contribution in [0.15, 0.2) is 28.8 Å². The van der Waals surface area contributed by atoms with E-state index in [4.69, 9.17) is 26.0 Å². The van der Waals surface area contributed by atoms with Crippen LogP contribution in [-0.4, -0.2) is 22.8 Å². The fourth-order valence-electron chi connectivity index (χ4n) is 2.99. The summed E-state index contributed by atoms with van der Waals surface area (Å²) in [4.78, 5) is 10.7. The van der Waals surface area contributed by atoms with E-state index < -0.39 is 0 Å². The normalized spacial score (nSPS) is 16.4. The summed E-state index contributed by atoms with van der Waals surface area (Å²) >= 11 is 5.89. The predicted octanol–water partition coefficient (Wildman–Crippen LogP) is 4.80. The molecule has 2 aliphatic rings. The van der Waals surface area contributed by atoms with Gasteiger partial charge in [-0.1, -0.05) is 29.6 Å². The van der Waals surface area contributed by atoms with Gasteiger partial charge in [0.1, 0.15) is 11.5 Å². The summed E-state index contributed by atoms with van der Waals surface area (Å²) in [5, 5.41) is 16.3. The van der Waals surface area contributed by atoms with Crippen LogP contribution >= 0.6 is 11.6 Å². The van der Waals surface area contributed by atoms with Gasteiger partial charge in [-0.25, -0.2) is 0 Å². The number of hydrogen-bond acceptors (Lipinski definition) is 5. The Bertz CT molecular complexity index is 784. The van der Waals surface area contributed by atoms with Crippen molar-refractivity contribution in [1.29, 1.82) is 0 Å². The first kappa shape index (κ1) is 20.5. The average molecular weight is 407 g/mol. The maximum Gasteiger partial charge on any atom is 0.217 e. The number of ether oxygens (including phenoxy) is 1. The zero-order valence-electron chi connectivity index (χ0n) is 16.1. The molecule has 7 heteroatoms. The Kier molecular flexibility index (Phi) is 7.20. The number of phenols is 1. The predicted molar refractivity (Wildman–Crippen MR) is 107 cm³/mol. The largest absolute Gasteiger partial charge is 0.508 e.